The maximum Gasteiger partial charge on any atom is 0.191 e. The van der Waals surface area contributed by atoms with Crippen molar-refractivity contribution in [2.24, 2.45) is 12.0 Å². The van der Waals surface area contributed by atoms with E-state index < -0.39 is 0 Å². The molecular formula is C19H29N7O. The summed E-state index contributed by atoms with van der Waals surface area (Å²) < 4.78 is 7.50. The molecule has 8 heteroatoms. The number of guanidine groups is 1. The molecule has 1 saturated heterocycles. The first-order chi connectivity index (χ1) is 13.1. The van der Waals surface area contributed by atoms with E-state index in [1.807, 2.05) is 30.7 Å². The molecule has 1 aromatic heterocycles. The highest BCUT2D eigenvalue weighted by Gasteiger charge is 2.23. The zero-order chi connectivity index (χ0) is 19.2. The van der Waals surface area contributed by atoms with Gasteiger partial charge in [-0.15, -0.1) is 10.2 Å². The van der Waals surface area contributed by atoms with Crippen LogP contribution in [0.25, 0.3) is 0 Å². The zero-order valence-electron chi connectivity index (χ0n) is 16.6. The Hall–Kier alpha value is -2.77. The number of aryl methyl sites for hydroxylation is 1. The minimum Gasteiger partial charge on any atom is -0.495 e. The Morgan fingerprint density at radius 1 is 1.33 bits per heavy atom. The Morgan fingerprint density at radius 2 is 2.15 bits per heavy atom. The Labute approximate surface area is 160 Å². The second kappa shape index (κ2) is 8.75. The molecular weight excluding hydrogens is 342 g/mol. The SMILES string of the molecule is CN=C(NCc1nnc(C)n1C)NC1CCCN(c2ccccc2OC)C1. The summed E-state index contributed by atoms with van der Waals surface area (Å²) in [6.07, 6.45) is 2.23. The van der Waals surface area contributed by atoms with E-state index in [2.05, 4.69) is 42.9 Å². The van der Waals surface area contributed by atoms with Crippen LogP contribution in [0.5, 0.6) is 5.75 Å². The summed E-state index contributed by atoms with van der Waals surface area (Å²) in [5, 5.41) is 15.1. The molecule has 8 nitrogen and oxygen atoms in total. The van der Waals surface area contributed by atoms with Crippen LogP contribution in [-0.4, -0.2) is 54.0 Å². The molecule has 2 N–H and O–H groups in total. The standard InChI is InChI=1S/C19H29N7O/c1-14-23-24-18(25(14)3)12-21-19(20-2)22-15-8-7-11-26(13-15)16-9-5-6-10-17(16)27-4/h5-6,9-10,15H,7-8,11-13H2,1-4H3,(H2,20,21,22). The Kier molecular flexibility index (Phi) is 6.16. The van der Waals surface area contributed by atoms with Gasteiger partial charge in [-0.1, -0.05) is 12.1 Å². The van der Waals surface area contributed by atoms with E-state index in [1.165, 1.54) is 0 Å². The highest BCUT2D eigenvalue weighted by molar-refractivity contribution is 5.80. The number of nitrogens with one attached hydrogen (secondary N) is 2. The summed E-state index contributed by atoms with van der Waals surface area (Å²) in [5.74, 6) is 3.48. The molecule has 1 atom stereocenters. The summed E-state index contributed by atoms with van der Waals surface area (Å²) in [7, 11) is 5.48. The molecule has 2 aromatic rings. The van der Waals surface area contributed by atoms with Gasteiger partial charge >= 0.3 is 0 Å². The number of hydrogen-bond acceptors (Lipinski definition) is 5. The van der Waals surface area contributed by atoms with Crippen LogP contribution in [0.4, 0.5) is 5.69 Å². The largest absolute Gasteiger partial charge is 0.495 e. The summed E-state index contributed by atoms with van der Waals surface area (Å²) in [6, 6.07) is 8.50. The number of ether oxygens (including phenoxy) is 1. The van der Waals surface area contributed by atoms with Gasteiger partial charge in [-0.05, 0) is 31.9 Å². The van der Waals surface area contributed by atoms with E-state index in [1.54, 1.807) is 14.2 Å². The second-order valence-corrected chi connectivity index (χ2v) is 6.75. The third-order valence-corrected chi connectivity index (χ3v) is 5.01. The van der Waals surface area contributed by atoms with Crippen molar-refractivity contribution in [1.82, 2.24) is 25.4 Å². The number of hydrogen-bond donors (Lipinski definition) is 2. The molecule has 0 amide bonds. The first-order valence-corrected chi connectivity index (χ1v) is 9.32. The highest BCUT2D eigenvalue weighted by atomic mass is 16.5. The maximum absolute atomic E-state index is 5.52. The van der Waals surface area contributed by atoms with Crippen molar-refractivity contribution in [3.8, 4) is 5.75 Å². The van der Waals surface area contributed by atoms with Crippen LogP contribution in [0.1, 0.15) is 24.5 Å². The maximum atomic E-state index is 5.52. The number of rotatable bonds is 5. The lowest BCUT2D eigenvalue weighted by molar-refractivity contribution is 0.408. The van der Waals surface area contributed by atoms with Gasteiger partial charge in [-0.25, -0.2) is 0 Å². The number of methoxy groups -OCH3 is 1. The van der Waals surface area contributed by atoms with Gasteiger partial charge in [0.15, 0.2) is 11.8 Å². The monoisotopic (exact) mass is 371 g/mol. The second-order valence-electron chi connectivity index (χ2n) is 6.75. The molecule has 1 aliphatic rings. The number of aromatic nitrogens is 3. The van der Waals surface area contributed by atoms with Gasteiger partial charge in [0.25, 0.3) is 0 Å². The van der Waals surface area contributed by atoms with Crippen LogP contribution in [0.15, 0.2) is 29.3 Å². The minimum atomic E-state index is 0.316. The summed E-state index contributed by atoms with van der Waals surface area (Å²) in [5.41, 5.74) is 1.14. The lowest BCUT2D eigenvalue weighted by Gasteiger charge is -2.36. The van der Waals surface area contributed by atoms with Crippen molar-refractivity contribution in [2.45, 2.75) is 32.4 Å². The van der Waals surface area contributed by atoms with Crippen molar-refractivity contribution in [1.29, 1.82) is 0 Å². The number of para-hydroxylation sites is 2. The highest BCUT2D eigenvalue weighted by Crippen LogP contribution is 2.29. The van der Waals surface area contributed by atoms with Gasteiger partial charge in [0, 0.05) is 33.2 Å². The summed E-state index contributed by atoms with van der Waals surface area (Å²) in [4.78, 5) is 6.73. The molecule has 146 valence electrons. The Bertz CT molecular complexity index is 786. The smallest absolute Gasteiger partial charge is 0.191 e. The quantitative estimate of drug-likeness (QED) is 0.612. The normalized spacial score (nSPS) is 17.7. The van der Waals surface area contributed by atoms with E-state index in [4.69, 9.17) is 4.74 Å². The summed E-state index contributed by atoms with van der Waals surface area (Å²) >= 11 is 0. The molecule has 1 unspecified atom stereocenters. The van der Waals surface area contributed by atoms with E-state index in [9.17, 15) is 0 Å². The van der Waals surface area contributed by atoms with Crippen LogP contribution in [-0.2, 0) is 13.6 Å². The van der Waals surface area contributed by atoms with Crippen molar-refractivity contribution in [3.63, 3.8) is 0 Å². The van der Waals surface area contributed by atoms with Crippen molar-refractivity contribution >= 4 is 11.6 Å². The average Bonchev–Trinajstić information content (AvgIpc) is 3.03. The molecule has 1 aliphatic heterocycles. The lowest BCUT2D eigenvalue weighted by Crippen LogP contribution is -2.51. The number of anilines is 1. The number of benzene rings is 1. The molecule has 27 heavy (non-hydrogen) atoms. The number of nitrogens with zero attached hydrogens (tertiary/aromatic N) is 5. The van der Waals surface area contributed by atoms with Crippen molar-refractivity contribution in [3.05, 3.63) is 35.9 Å². The third-order valence-electron chi connectivity index (χ3n) is 5.01. The fourth-order valence-corrected chi connectivity index (χ4v) is 3.36. The fourth-order valence-electron chi connectivity index (χ4n) is 3.36. The average molecular weight is 371 g/mol. The predicted molar refractivity (Wildman–Crippen MR) is 107 cm³/mol. The fraction of sp³-hybridized carbons (Fsp3) is 0.526. The van der Waals surface area contributed by atoms with Crippen LogP contribution in [0.3, 0.4) is 0 Å². The van der Waals surface area contributed by atoms with E-state index >= 15 is 0 Å². The predicted octanol–water partition coefficient (Wildman–Crippen LogP) is 1.47. The minimum absolute atomic E-state index is 0.316. The van der Waals surface area contributed by atoms with E-state index in [0.29, 0.717) is 12.6 Å². The molecule has 0 spiro atoms. The van der Waals surface area contributed by atoms with Gasteiger partial charge in [0.05, 0.1) is 19.3 Å². The molecule has 2 heterocycles. The van der Waals surface area contributed by atoms with Crippen LogP contribution in [0, 0.1) is 6.92 Å². The van der Waals surface area contributed by atoms with Gasteiger partial charge < -0.3 is 24.8 Å². The van der Waals surface area contributed by atoms with E-state index in [0.717, 1.165) is 55.0 Å². The van der Waals surface area contributed by atoms with Gasteiger partial charge in [0.2, 0.25) is 0 Å². The molecule has 3 rings (SSSR count). The van der Waals surface area contributed by atoms with Gasteiger partial charge in [0.1, 0.15) is 11.6 Å². The van der Waals surface area contributed by atoms with Crippen molar-refractivity contribution < 1.29 is 4.74 Å². The van der Waals surface area contributed by atoms with Crippen LogP contribution in [0.2, 0.25) is 0 Å². The van der Waals surface area contributed by atoms with Gasteiger partial charge in [-0.3, -0.25) is 4.99 Å². The van der Waals surface area contributed by atoms with E-state index in [-0.39, 0.29) is 0 Å². The number of piperidine rings is 1. The Balaban J connectivity index is 1.59. The lowest BCUT2D eigenvalue weighted by atomic mass is 10.0. The molecule has 1 fully saturated rings. The molecule has 0 saturated carbocycles. The molecule has 0 bridgehead atoms. The topological polar surface area (TPSA) is 79.6 Å². The third kappa shape index (κ3) is 4.50. The first kappa shape index (κ1) is 19.0. The molecule has 0 aliphatic carbocycles. The number of aliphatic imine (C=N–C) groups is 1. The van der Waals surface area contributed by atoms with Crippen molar-refractivity contribution in [2.75, 3.05) is 32.1 Å². The van der Waals surface area contributed by atoms with Crippen LogP contribution < -0.4 is 20.3 Å². The summed E-state index contributed by atoms with van der Waals surface area (Å²) in [6.45, 7) is 4.46. The first-order valence-electron chi connectivity index (χ1n) is 9.32. The zero-order valence-corrected chi connectivity index (χ0v) is 16.6. The van der Waals surface area contributed by atoms with Crippen LogP contribution >= 0.6 is 0 Å². The molecule has 0 radical (unpaired) electrons. The van der Waals surface area contributed by atoms with Gasteiger partial charge in [-0.2, -0.15) is 0 Å². The Morgan fingerprint density at radius 3 is 2.85 bits per heavy atom. The molecule has 1 aromatic carbocycles.